The van der Waals surface area contributed by atoms with Crippen molar-refractivity contribution in [3.8, 4) is 0 Å². The normalized spacial score (nSPS) is 13.9. The smallest absolute Gasteiger partial charge is 0.0802 e. The maximum absolute atomic E-state index is 10.0. The first kappa shape index (κ1) is 14.8. The summed E-state index contributed by atoms with van der Waals surface area (Å²) in [6.45, 7) is 0. The van der Waals surface area contributed by atoms with E-state index in [0.29, 0.717) is 12.8 Å². The van der Waals surface area contributed by atoms with Gasteiger partial charge in [0.05, 0.1) is 12.2 Å². The molecule has 0 amide bonds. The fourth-order valence-electron chi connectivity index (χ4n) is 2.30. The highest BCUT2D eigenvalue weighted by atomic mass is 16.3. The molecule has 2 heteroatoms. The lowest BCUT2D eigenvalue weighted by molar-refractivity contribution is 0.0104. The topological polar surface area (TPSA) is 40.5 Å². The van der Waals surface area contributed by atoms with E-state index in [-0.39, 0.29) is 0 Å². The lowest BCUT2D eigenvalue weighted by Gasteiger charge is -2.17. The molecule has 106 valence electrons. The first-order valence-corrected chi connectivity index (χ1v) is 7.19. The fraction of sp³-hybridized carbons (Fsp3) is 0.333. The lowest BCUT2D eigenvalue weighted by atomic mass is 9.99. The summed E-state index contributed by atoms with van der Waals surface area (Å²) in [5.74, 6) is 0. The Kier molecular flexibility index (Phi) is 5.78. The summed E-state index contributed by atoms with van der Waals surface area (Å²) in [6, 6.07) is 20.1. The number of hydrogen-bond donors (Lipinski definition) is 2. The van der Waals surface area contributed by atoms with Gasteiger partial charge in [0.15, 0.2) is 0 Å². The fourth-order valence-corrected chi connectivity index (χ4v) is 2.30. The minimum atomic E-state index is -0.654. The summed E-state index contributed by atoms with van der Waals surface area (Å²) in [5, 5.41) is 20.0. The molecular formula is C18H22O2. The van der Waals surface area contributed by atoms with Crippen LogP contribution in [0.3, 0.4) is 0 Å². The molecule has 0 fully saturated rings. The molecule has 0 aliphatic rings. The Hall–Kier alpha value is -1.64. The third kappa shape index (κ3) is 4.80. The van der Waals surface area contributed by atoms with Crippen molar-refractivity contribution in [1.82, 2.24) is 0 Å². The third-order valence-corrected chi connectivity index (χ3v) is 3.59. The van der Waals surface area contributed by atoms with Crippen LogP contribution in [0.5, 0.6) is 0 Å². The minimum Gasteiger partial charge on any atom is -0.390 e. The van der Waals surface area contributed by atoms with Gasteiger partial charge in [-0.05, 0) is 36.8 Å². The highest BCUT2D eigenvalue weighted by molar-refractivity contribution is 5.15. The van der Waals surface area contributed by atoms with Gasteiger partial charge in [-0.25, -0.2) is 0 Å². The highest BCUT2D eigenvalue weighted by Gasteiger charge is 2.15. The molecular weight excluding hydrogens is 248 g/mol. The monoisotopic (exact) mass is 270 g/mol. The van der Waals surface area contributed by atoms with Gasteiger partial charge in [0.2, 0.25) is 0 Å². The van der Waals surface area contributed by atoms with E-state index in [1.807, 2.05) is 60.7 Å². The van der Waals surface area contributed by atoms with E-state index >= 15 is 0 Å². The molecule has 2 N–H and O–H groups in total. The van der Waals surface area contributed by atoms with Crippen LogP contribution in [0.2, 0.25) is 0 Å². The van der Waals surface area contributed by atoms with Crippen molar-refractivity contribution in [3.63, 3.8) is 0 Å². The first-order valence-electron chi connectivity index (χ1n) is 7.19. The summed E-state index contributed by atoms with van der Waals surface area (Å²) < 4.78 is 0. The summed E-state index contributed by atoms with van der Waals surface area (Å²) in [5.41, 5.74) is 2.39. The second-order valence-corrected chi connectivity index (χ2v) is 5.18. The van der Waals surface area contributed by atoms with E-state index < -0.39 is 12.2 Å². The molecule has 2 atom stereocenters. The summed E-state index contributed by atoms with van der Waals surface area (Å²) in [6.07, 6.45) is 1.48. The van der Waals surface area contributed by atoms with Gasteiger partial charge in [-0.15, -0.1) is 0 Å². The molecule has 2 aromatic rings. The van der Waals surface area contributed by atoms with Crippen molar-refractivity contribution in [2.24, 2.45) is 0 Å². The van der Waals surface area contributed by atoms with Crippen LogP contribution in [-0.4, -0.2) is 22.4 Å². The largest absolute Gasteiger partial charge is 0.390 e. The van der Waals surface area contributed by atoms with Gasteiger partial charge >= 0.3 is 0 Å². The highest BCUT2D eigenvalue weighted by Crippen LogP contribution is 2.12. The zero-order valence-electron chi connectivity index (χ0n) is 11.7. The van der Waals surface area contributed by atoms with Crippen LogP contribution in [0.25, 0.3) is 0 Å². The molecule has 0 aliphatic heterocycles. The zero-order valence-corrected chi connectivity index (χ0v) is 11.7. The molecule has 0 aliphatic carbocycles. The molecule has 2 aromatic carbocycles. The van der Waals surface area contributed by atoms with Gasteiger partial charge in [0, 0.05) is 0 Å². The lowest BCUT2D eigenvalue weighted by Crippen LogP contribution is -2.26. The molecule has 0 saturated carbocycles. The summed E-state index contributed by atoms with van der Waals surface area (Å²) in [7, 11) is 0. The average Bonchev–Trinajstić information content (AvgIpc) is 2.52. The Morgan fingerprint density at radius 3 is 1.30 bits per heavy atom. The van der Waals surface area contributed by atoms with E-state index in [0.717, 1.165) is 12.8 Å². The van der Waals surface area contributed by atoms with Gasteiger partial charge in [-0.1, -0.05) is 60.7 Å². The maximum atomic E-state index is 10.0. The minimum absolute atomic E-state index is 0.597. The Morgan fingerprint density at radius 2 is 0.950 bits per heavy atom. The van der Waals surface area contributed by atoms with Crippen LogP contribution < -0.4 is 0 Å². The summed E-state index contributed by atoms with van der Waals surface area (Å²) in [4.78, 5) is 0. The number of rotatable bonds is 7. The zero-order chi connectivity index (χ0) is 14.2. The van der Waals surface area contributed by atoms with Crippen molar-refractivity contribution in [3.05, 3.63) is 71.8 Å². The van der Waals surface area contributed by atoms with Crippen molar-refractivity contribution in [2.45, 2.75) is 37.9 Å². The van der Waals surface area contributed by atoms with Gasteiger partial charge < -0.3 is 10.2 Å². The molecule has 0 saturated heterocycles. The standard InChI is InChI=1S/C18H22O2/c19-17(13-11-15-7-3-1-4-8-15)18(20)14-12-16-9-5-2-6-10-16/h1-10,17-20H,11-14H2. The Labute approximate surface area is 120 Å². The maximum Gasteiger partial charge on any atom is 0.0802 e. The van der Waals surface area contributed by atoms with E-state index in [4.69, 9.17) is 0 Å². The molecule has 0 bridgehead atoms. The predicted molar refractivity (Wildman–Crippen MR) is 81.5 cm³/mol. The third-order valence-electron chi connectivity index (χ3n) is 3.59. The Bertz CT molecular complexity index is 434. The average molecular weight is 270 g/mol. The van der Waals surface area contributed by atoms with Crippen molar-refractivity contribution in [2.75, 3.05) is 0 Å². The van der Waals surface area contributed by atoms with E-state index in [2.05, 4.69) is 0 Å². The van der Waals surface area contributed by atoms with Gasteiger partial charge in [-0.2, -0.15) is 0 Å². The Balaban J connectivity index is 1.73. The van der Waals surface area contributed by atoms with Crippen LogP contribution in [-0.2, 0) is 12.8 Å². The number of hydrogen-bond acceptors (Lipinski definition) is 2. The number of aryl methyl sites for hydroxylation is 2. The molecule has 2 nitrogen and oxygen atoms in total. The molecule has 20 heavy (non-hydrogen) atoms. The van der Waals surface area contributed by atoms with E-state index in [1.165, 1.54) is 11.1 Å². The molecule has 0 heterocycles. The molecule has 0 aromatic heterocycles. The summed E-state index contributed by atoms with van der Waals surface area (Å²) >= 11 is 0. The quantitative estimate of drug-likeness (QED) is 0.812. The van der Waals surface area contributed by atoms with Crippen LogP contribution >= 0.6 is 0 Å². The van der Waals surface area contributed by atoms with Crippen molar-refractivity contribution >= 4 is 0 Å². The second-order valence-electron chi connectivity index (χ2n) is 5.18. The van der Waals surface area contributed by atoms with Crippen molar-refractivity contribution < 1.29 is 10.2 Å². The molecule has 0 spiro atoms. The van der Waals surface area contributed by atoms with Crippen LogP contribution in [0.15, 0.2) is 60.7 Å². The number of aliphatic hydroxyl groups excluding tert-OH is 2. The van der Waals surface area contributed by atoms with Crippen LogP contribution in [0.4, 0.5) is 0 Å². The van der Waals surface area contributed by atoms with Gasteiger partial charge in [0.25, 0.3) is 0 Å². The van der Waals surface area contributed by atoms with Crippen LogP contribution in [0, 0.1) is 0 Å². The number of benzene rings is 2. The van der Waals surface area contributed by atoms with Gasteiger partial charge in [-0.3, -0.25) is 0 Å². The van der Waals surface area contributed by atoms with Gasteiger partial charge in [0.1, 0.15) is 0 Å². The van der Waals surface area contributed by atoms with E-state index in [9.17, 15) is 10.2 Å². The predicted octanol–water partition coefficient (Wildman–Crippen LogP) is 2.97. The van der Waals surface area contributed by atoms with E-state index in [1.54, 1.807) is 0 Å². The van der Waals surface area contributed by atoms with Crippen LogP contribution in [0.1, 0.15) is 24.0 Å². The Morgan fingerprint density at radius 1 is 0.600 bits per heavy atom. The SMILES string of the molecule is OC(CCc1ccccc1)C(O)CCc1ccccc1. The first-order chi connectivity index (χ1) is 9.75. The second kappa shape index (κ2) is 7.83. The molecule has 0 radical (unpaired) electrons. The molecule has 2 rings (SSSR count). The van der Waals surface area contributed by atoms with Crippen molar-refractivity contribution in [1.29, 1.82) is 0 Å². The number of aliphatic hydroxyl groups is 2. The molecule has 2 unspecified atom stereocenters.